The van der Waals surface area contributed by atoms with Crippen LogP contribution in [0, 0.1) is 10.8 Å². The summed E-state index contributed by atoms with van der Waals surface area (Å²) in [6.07, 6.45) is 8.21. The lowest BCUT2D eigenvalue weighted by molar-refractivity contribution is -0.117. The Labute approximate surface area is 193 Å². The third kappa shape index (κ3) is 5.18. The fraction of sp³-hybridized carbons (Fsp3) is 0.750. The molecule has 1 aromatic rings. The van der Waals surface area contributed by atoms with Crippen molar-refractivity contribution in [2.24, 2.45) is 10.8 Å². The molecule has 4 heterocycles. The zero-order valence-electron chi connectivity index (χ0n) is 19.8. The van der Waals surface area contributed by atoms with Crippen LogP contribution < -0.4 is 4.90 Å². The predicted octanol–water partition coefficient (Wildman–Crippen LogP) is 3.51. The molecule has 0 unspecified atom stereocenters. The highest BCUT2D eigenvalue weighted by atomic mass is 32.2. The predicted molar refractivity (Wildman–Crippen MR) is 126 cm³/mol. The van der Waals surface area contributed by atoms with Crippen LogP contribution in [-0.2, 0) is 14.8 Å². The van der Waals surface area contributed by atoms with Crippen molar-refractivity contribution in [2.45, 2.75) is 70.6 Å². The largest absolute Gasteiger partial charge is 0.303 e. The monoisotopic (exact) mass is 462 g/mol. The molecule has 178 valence electrons. The Morgan fingerprint density at radius 2 is 1.78 bits per heavy atom. The fourth-order valence-corrected chi connectivity index (χ4v) is 6.72. The zero-order chi connectivity index (χ0) is 23.0. The van der Waals surface area contributed by atoms with Crippen LogP contribution in [0.3, 0.4) is 0 Å². The van der Waals surface area contributed by atoms with E-state index in [0.29, 0.717) is 37.3 Å². The SMILES string of the molecule is CC(C)(C)CCN1CCCC2(CCN(S(=O)(=O)c3ccc(N4CCCC4=O)nc3)CC2)C1. The molecule has 1 amide bonds. The molecule has 32 heavy (non-hydrogen) atoms. The van der Waals surface area contributed by atoms with E-state index in [1.54, 1.807) is 21.3 Å². The fourth-order valence-electron chi connectivity index (χ4n) is 5.33. The van der Waals surface area contributed by atoms with E-state index >= 15 is 0 Å². The minimum absolute atomic E-state index is 0.0541. The van der Waals surface area contributed by atoms with E-state index in [1.165, 1.54) is 25.5 Å². The topological polar surface area (TPSA) is 73.8 Å². The maximum Gasteiger partial charge on any atom is 0.244 e. The zero-order valence-corrected chi connectivity index (χ0v) is 20.7. The molecular formula is C24H38N4O3S. The summed E-state index contributed by atoms with van der Waals surface area (Å²) in [5.74, 6) is 0.597. The van der Waals surface area contributed by atoms with E-state index in [-0.39, 0.29) is 16.2 Å². The molecule has 0 aromatic carbocycles. The van der Waals surface area contributed by atoms with Gasteiger partial charge in [-0.15, -0.1) is 0 Å². The van der Waals surface area contributed by atoms with Gasteiger partial charge in [-0.2, -0.15) is 4.31 Å². The highest BCUT2D eigenvalue weighted by molar-refractivity contribution is 7.89. The van der Waals surface area contributed by atoms with E-state index in [9.17, 15) is 13.2 Å². The molecule has 0 bridgehead atoms. The number of carbonyl (C=O) groups is 1. The molecule has 8 heteroatoms. The Balaban J connectivity index is 1.37. The van der Waals surface area contributed by atoms with Crippen molar-refractivity contribution in [1.82, 2.24) is 14.2 Å². The van der Waals surface area contributed by atoms with Gasteiger partial charge in [0.05, 0.1) is 0 Å². The number of carbonyl (C=O) groups excluding carboxylic acids is 1. The van der Waals surface area contributed by atoms with Crippen molar-refractivity contribution in [3.63, 3.8) is 0 Å². The van der Waals surface area contributed by atoms with Crippen LogP contribution in [0.1, 0.15) is 65.7 Å². The molecule has 0 aliphatic carbocycles. The van der Waals surface area contributed by atoms with Gasteiger partial charge < -0.3 is 4.90 Å². The molecule has 0 saturated carbocycles. The maximum absolute atomic E-state index is 13.2. The summed E-state index contributed by atoms with van der Waals surface area (Å²) in [6.45, 7) is 12.1. The summed E-state index contributed by atoms with van der Waals surface area (Å²) in [5.41, 5.74) is 0.591. The molecule has 1 aromatic heterocycles. The molecule has 3 aliphatic heterocycles. The van der Waals surface area contributed by atoms with Crippen LogP contribution in [0.2, 0.25) is 0 Å². The quantitative estimate of drug-likeness (QED) is 0.669. The normalized spacial score (nSPS) is 23.2. The third-order valence-corrected chi connectivity index (χ3v) is 9.29. The van der Waals surface area contributed by atoms with Crippen molar-refractivity contribution < 1.29 is 13.2 Å². The van der Waals surface area contributed by atoms with Crippen LogP contribution in [0.15, 0.2) is 23.2 Å². The number of aromatic nitrogens is 1. The molecule has 0 N–H and O–H groups in total. The second-order valence-corrected chi connectivity index (χ2v) is 13.0. The van der Waals surface area contributed by atoms with E-state index in [2.05, 4.69) is 30.7 Å². The van der Waals surface area contributed by atoms with E-state index < -0.39 is 10.0 Å². The number of pyridine rings is 1. The first-order chi connectivity index (χ1) is 15.1. The number of likely N-dealkylation sites (tertiary alicyclic amines) is 1. The first-order valence-corrected chi connectivity index (χ1v) is 13.5. The number of sulfonamides is 1. The number of hydrogen-bond donors (Lipinski definition) is 0. The van der Waals surface area contributed by atoms with Crippen molar-refractivity contribution in [1.29, 1.82) is 0 Å². The summed E-state index contributed by atoms with van der Waals surface area (Å²) in [4.78, 5) is 20.7. The molecule has 3 saturated heterocycles. The Morgan fingerprint density at radius 3 is 2.38 bits per heavy atom. The highest BCUT2D eigenvalue weighted by Crippen LogP contribution is 2.41. The number of piperidine rings is 2. The van der Waals surface area contributed by atoms with Crippen LogP contribution in [0.4, 0.5) is 5.82 Å². The molecule has 0 radical (unpaired) electrons. The summed E-state index contributed by atoms with van der Waals surface area (Å²) in [7, 11) is -3.56. The standard InChI is InChI=1S/C24H38N4O3S/c1-23(2,3)10-15-26-13-5-9-24(19-26)11-16-27(17-12-24)32(30,31)20-7-8-21(25-18-20)28-14-4-6-22(28)29/h7-8,18H,4-6,9-17,19H2,1-3H3. The lowest BCUT2D eigenvalue weighted by atomic mass is 9.73. The molecule has 7 nitrogen and oxygen atoms in total. The Kier molecular flexibility index (Phi) is 6.67. The van der Waals surface area contributed by atoms with Gasteiger partial charge in [0.1, 0.15) is 10.7 Å². The third-order valence-electron chi connectivity index (χ3n) is 7.41. The van der Waals surface area contributed by atoms with Crippen LogP contribution in [0.25, 0.3) is 0 Å². The first kappa shape index (κ1) is 23.6. The second kappa shape index (κ2) is 9.03. The summed E-state index contributed by atoms with van der Waals surface area (Å²) < 4.78 is 28.1. The van der Waals surface area contributed by atoms with Gasteiger partial charge in [-0.25, -0.2) is 13.4 Å². The maximum atomic E-state index is 13.2. The highest BCUT2D eigenvalue weighted by Gasteiger charge is 2.41. The van der Waals surface area contributed by atoms with Crippen molar-refractivity contribution >= 4 is 21.7 Å². The van der Waals surface area contributed by atoms with E-state index in [4.69, 9.17) is 0 Å². The van der Waals surface area contributed by atoms with Crippen LogP contribution in [-0.4, -0.2) is 67.8 Å². The van der Waals surface area contributed by atoms with E-state index in [0.717, 1.165) is 38.9 Å². The molecule has 3 fully saturated rings. The lowest BCUT2D eigenvalue weighted by Crippen LogP contribution is -2.51. The number of nitrogens with zero attached hydrogens (tertiary/aromatic N) is 4. The van der Waals surface area contributed by atoms with Gasteiger partial charge in [-0.1, -0.05) is 20.8 Å². The Hall–Kier alpha value is -1.51. The number of hydrogen-bond acceptors (Lipinski definition) is 5. The Morgan fingerprint density at radius 1 is 1.03 bits per heavy atom. The molecular weight excluding hydrogens is 424 g/mol. The van der Waals surface area contributed by atoms with Gasteiger partial charge in [0.25, 0.3) is 0 Å². The molecule has 4 rings (SSSR count). The van der Waals surface area contributed by atoms with Crippen molar-refractivity contribution in [2.75, 3.05) is 44.2 Å². The van der Waals surface area contributed by atoms with Crippen LogP contribution in [0.5, 0.6) is 0 Å². The Bertz CT molecular complexity index is 916. The average Bonchev–Trinajstić information content (AvgIpc) is 3.18. The van der Waals surface area contributed by atoms with Gasteiger partial charge in [-0.3, -0.25) is 9.69 Å². The van der Waals surface area contributed by atoms with E-state index in [1.807, 2.05) is 0 Å². The number of amides is 1. The summed E-state index contributed by atoms with van der Waals surface area (Å²) in [5, 5.41) is 0. The van der Waals surface area contributed by atoms with Gasteiger partial charge in [-0.05, 0) is 74.6 Å². The molecule has 1 spiro atoms. The molecule has 3 aliphatic rings. The van der Waals surface area contributed by atoms with Gasteiger partial charge >= 0.3 is 0 Å². The van der Waals surface area contributed by atoms with Gasteiger partial charge in [0.2, 0.25) is 15.9 Å². The number of rotatable bonds is 5. The van der Waals surface area contributed by atoms with Crippen LogP contribution >= 0.6 is 0 Å². The van der Waals surface area contributed by atoms with Gasteiger partial charge in [0.15, 0.2) is 0 Å². The summed E-state index contributed by atoms with van der Waals surface area (Å²) in [6, 6.07) is 3.26. The van der Waals surface area contributed by atoms with Crippen molar-refractivity contribution in [3.05, 3.63) is 18.3 Å². The van der Waals surface area contributed by atoms with Gasteiger partial charge in [0, 0.05) is 38.8 Å². The average molecular weight is 463 g/mol. The first-order valence-electron chi connectivity index (χ1n) is 12.1. The van der Waals surface area contributed by atoms with Crippen molar-refractivity contribution in [3.8, 4) is 0 Å². The minimum Gasteiger partial charge on any atom is -0.303 e. The minimum atomic E-state index is -3.56. The smallest absolute Gasteiger partial charge is 0.244 e. The molecule has 0 atom stereocenters. The lowest BCUT2D eigenvalue weighted by Gasteiger charge is -2.47. The summed E-state index contributed by atoms with van der Waals surface area (Å²) >= 11 is 0. The second-order valence-electron chi connectivity index (χ2n) is 11.1. The number of anilines is 1.